The molecule has 0 aliphatic heterocycles. The van der Waals surface area contributed by atoms with Crippen molar-refractivity contribution >= 4 is 0 Å². The summed E-state index contributed by atoms with van der Waals surface area (Å²) in [5.41, 5.74) is -0.0160. The van der Waals surface area contributed by atoms with Gasteiger partial charge in [-0.1, -0.05) is 47.0 Å². The maximum Gasteiger partial charge on any atom is 0.0772 e. The van der Waals surface area contributed by atoms with Gasteiger partial charge in [0.15, 0.2) is 0 Å². The van der Waals surface area contributed by atoms with Crippen LogP contribution in [0.4, 0.5) is 0 Å². The van der Waals surface area contributed by atoms with E-state index in [2.05, 4.69) is 33.0 Å². The number of rotatable bonds is 8. The minimum absolute atomic E-state index is 0.430. The van der Waals surface area contributed by atoms with Crippen molar-refractivity contribution in [3.8, 4) is 0 Å². The molecule has 1 rings (SSSR count). The van der Waals surface area contributed by atoms with Gasteiger partial charge in [0.1, 0.15) is 0 Å². The first-order chi connectivity index (χ1) is 8.91. The fourth-order valence-electron chi connectivity index (χ4n) is 3.02. The minimum Gasteiger partial charge on any atom is -0.389 e. The van der Waals surface area contributed by atoms with Crippen LogP contribution in [0.3, 0.4) is 0 Å². The van der Waals surface area contributed by atoms with Crippen LogP contribution in [-0.2, 0) is 0 Å². The first-order valence-electron chi connectivity index (χ1n) is 8.34. The Morgan fingerprint density at radius 2 is 1.74 bits per heavy atom. The van der Waals surface area contributed by atoms with Gasteiger partial charge in [-0.2, -0.15) is 0 Å². The Hall–Kier alpha value is -0.0800. The summed E-state index contributed by atoms with van der Waals surface area (Å²) in [5, 5.41) is 14.1. The lowest BCUT2D eigenvalue weighted by molar-refractivity contribution is -0.0248. The smallest absolute Gasteiger partial charge is 0.0772 e. The lowest BCUT2D eigenvalue weighted by Gasteiger charge is -2.40. The highest BCUT2D eigenvalue weighted by Crippen LogP contribution is 2.39. The van der Waals surface area contributed by atoms with Crippen LogP contribution in [0.25, 0.3) is 0 Å². The van der Waals surface area contributed by atoms with Crippen LogP contribution in [0.5, 0.6) is 0 Å². The summed E-state index contributed by atoms with van der Waals surface area (Å²) >= 11 is 0. The highest BCUT2D eigenvalue weighted by molar-refractivity contribution is 4.90. The average molecular weight is 269 g/mol. The zero-order valence-electron chi connectivity index (χ0n) is 13.6. The molecule has 1 atom stereocenters. The van der Waals surface area contributed by atoms with Crippen LogP contribution in [0.1, 0.15) is 79.1 Å². The predicted molar refractivity (Wildman–Crippen MR) is 83.4 cm³/mol. The van der Waals surface area contributed by atoms with Gasteiger partial charge in [-0.25, -0.2) is 0 Å². The van der Waals surface area contributed by atoms with E-state index in [0.717, 1.165) is 44.7 Å². The second kappa shape index (κ2) is 7.64. The molecule has 0 bridgehead atoms. The van der Waals surface area contributed by atoms with Crippen molar-refractivity contribution in [3.05, 3.63) is 0 Å². The molecule has 114 valence electrons. The molecule has 0 radical (unpaired) electrons. The molecule has 0 aromatic heterocycles. The van der Waals surface area contributed by atoms with E-state index < -0.39 is 5.60 Å². The predicted octanol–water partition coefficient (Wildman–Crippen LogP) is 4.12. The van der Waals surface area contributed by atoms with Crippen molar-refractivity contribution < 1.29 is 5.11 Å². The van der Waals surface area contributed by atoms with Gasteiger partial charge in [-0.3, -0.25) is 0 Å². The molecular formula is C17H35NO. The Morgan fingerprint density at radius 1 is 1.11 bits per heavy atom. The van der Waals surface area contributed by atoms with Gasteiger partial charge in [0.25, 0.3) is 0 Å². The molecule has 2 nitrogen and oxygen atoms in total. The Bertz CT molecular complexity index is 240. The molecule has 2 heteroatoms. The van der Waals surface area contributed by atoms with Gasteiger partial charge in [-0.05, 0) is 50.0 Å². The van der Waals surface area contributed by atoms with E-state index in [0.29, 0.717) is 5.41 Å². The monoisotopic (exact) mass is 269 g/mol. The molecule has 1 aliphatic rings. The molecule has 0 aromatic carbocycles. The van der Waals surface area contributed by atoms with E-state index >= 15 is 0 Å². The van der Waals surface area contributed by atoms with Crippen LogP contribution in [-0.4, -0.2) is 23.8 Å². The van der Waals surface area contributed by atoms with Crippen molar-refractivity contribution in [3.63, 3.8) is 0 Å². The third-order valence-electron chi connectivity index (χ3n) is 4.96. The van der Waals surface area contributed by atoms with E-state index in [1.165, 1.54) is 25.7 Å². The van der Waals surface area contributed by atoms with Crippen LogP contribution in [0.2, 0.25) is 0 Å². The maximum absolute atomic E-state index is 10.6. The normalized spacial score (nSPS) is 23.2. The molecule has 0 amide bonds. The zero-order chi connectivity index (χ0) is 14.4. The summed E-state index contributed by atoms with van der Waals surface area (Å²) in [6, 6.07) is 0. The summed E-state index contributed by atoms with van der Waals surface area (Å²) in [5.74, 6) is 0.781. The van der Waals surface area contributed by atoms with Crippen molar-refractivity contribution in [2.24, 2.45) is 11.3 Å². The molecule has 0 aromatic rings. The van der Waals surface area contributed by atoms with Crippen molar-refractivity contribution in [1.29, 1.82) is 0 Å². The highest BCUT2D eigenvalue weighted by atomic mass is 16.3. The number of hydrogen-bond acceptors (Lipinski definition) is 2. The second-order valence-corrected chi connectivity index (χ2v) is 7.44. The topological polar surface area (TPSA) is 32.3 Å². The van der Waals surface area contributed by atoms with Crippen molar-refractivity contribution in [1.82, 2.24) is 5.32 Å². The Morgan fingerprint density at radius 3 is 2.26 bits per heavy atom. The quantitative estimate of drug-likeness (QED) is 0.694. The van der Waals surface area contributed by atoms with Crippen LogP contribution in [0, 0.1) is 11.3 Å². The SMILES string of the molecule is CCCCC(CC)CNCC1(O)CCC(C)(C)CC1. The average Bonchev–Trinajstić information content (AvgIpc) is 2.38. The van der Waals surface area contributed by atoms with E-state index in [1.54, 1.807) is 0 Å². The molecule has 0 spiro atoms. The van der Waals surface area contributed by atoms with Gasteiger partial charge >= 0.3 is 0 Å². The zero-order valence-corrected chi connectivity index (χ0v) is 13.6. The van der Waals surface area contributed by atoms with Gasteiger partial charge in [0.2, 0.25) is 0 Å². The Labute approximate surface area is 120 Å². The summed E-state index contributed by atoms with van der Waals surface area (Å²) in [4.78, 5) is 0. The largest absolute Gasteiger partial charge is 0.389 e. The fourth-order valence-corrected chi connectivity index (χ4v) is 3.02. The van der Waals surface area contributed by atoms with E-state index in [1.807, 2.05) is 0 Å². The Balaban J connectivity index is 2.24. The third kappa shape index (κ3) is 6.27. The summed E-state index contributed by atoms with van der Waals surface area (Å²) < 4.78 is 0. The number of unbranched alkanes of at least 4 members (excludes halogenated alkanes) is 1. The van der Waals surface area contributed by atoms with Gasteiger partial charge < -0.3 is 10.4 Å². The molecule has 1 aliphatic carbocycles. The lowest BCUT2D eigenvalue weighted by atomic mass is 9.71. The minimum atomic E-state index is -0.446. The molecular weight excluding hydrogens is 234 g/mol. The Kier molecular flexibility index (Phi) is 6.82. The molecule has 1 fully saturated rings. The first kappa shape index (κ1) is 17.0. The van der Waals surface area contributed by atoms with E-state index in [9.17, 15) is 5.11 Å². The second-order valence-electron chi connectivity index (χ2n) is 7.44. The van der Waals surface area contributed by atoms with Gasteiger partial charge in [0.05, 0.1) is 5.60 Å². The lowest BCUT2D eigenvalue weighted by Crippen LogP contribution is -2.46. The molecule has 0 heterocycles. The molecule has 2 N–H and O–H groups in total. The standard InChI is InChI=1S/C17H35NO/c1-5-7-8-15(6-2)13-18-14-17(19)11-9-16(3,4)10-12-17/h15,18-19H,5-14H2,1-4H3. The van der Waals surface area contributed by atoms with Crippen LogP contribution in [0.15, 0.2) is 0 Å². The van der Waals surface area contributed by atoms with E-state index in [4.69, 9.17) is 0 Å². The van der Waals surface area contributed by atoms with E-state index in [-0.39, 0.29) is 0 Å². The summed E-state index contributed by atoms with van der Waals surface area (Å²) in [6.07, 6.45) is 9.41. The first-order valence-corrected chi connectivity index (χ1v) is 8.34. The van der Waals surface area contributed by atoms with Gasteiger partial charge in [0, 0.05) is 6.54 Å². The summed E-state index contributed by atoms with van der Waals surface area (Å²) in [6.45, 7) is 11.0. The van der Waals surface area contributed by atoms with Crippen LogP contribution < -0.4 is 5.32 Å². The van der Waals surface area contributed by atoms with Crippen LogP contribution >= 0.6 is 0 Å². The number of nitrogens with one attached hydrogen (secondary N) is 1. The molecule has 1 saturated carbocycles. The summed E-state index contributed by atoms with van der Waals surface area (Å²) in [7, 11) is 0. The molecule has 19 heavy (non-hydrogen) atoms. The maximum atomic E-state index is 10.6. The fraction of sp³-hybridized carbons (Fsp3) is 1.00. The highest BCUT2D eigenvalue weighted by Gasteiger charge is 2.36. The van der Waals surface area contributed by atoms with Crippen molar-refractivity contribution in [2.75, 3.05) is 13.1 Å². The van der Waals surface area contributed by atoms with Crippen molar-refractivity contribution in [2.45, 2.75) is 84.7 Å². The number of hydrogen-bond donors (Lipinski definition) is 2. The molecule has 1 unspecified atom stereocenters. The number of aliphatic hydroxyl groups is 1. The third-order valence-corrected chi connectivity index (χ3v) is 4.96. The van der Waals surface area contributed by atoms with Gasteiger partial charge in [-0.15, -0.1) is 0 Å². The molecule has 0 saturated heterocycles.